The number of benzene rings is 1. The number of rotatable bonds is 2. The van der Waals surface area contributed by atoms with E-state index in [1.165, 1.54) is 0 Å². The Kier molecular flexibility index (Phi) is 3.74. The largest absolute Gasteiger partial charge is 0.383 e. The molecular weight excluding hydrogens is 405 g/mol. The number of nitrogens with zero attached hydrogens (tertiary/aromatic N) is 2. The maximum absolute atomic E-state index is 6.19. The van der Waals surface area contributed by atoms with Crippen molar-refractivity contribution in [1.29, 1.82) is 0 Å². The molecule has 3 aromatic rings. The van der Waals surface area contributed by atoms with Gasteiger partial charge in [-0.3, -0.25) is 4.68 Å². The van der Waals surface area contributed by atoms with Gasteiger partial charge in [-0.05, 0) is 52.2 Å². The zero-order valence-electron chi connectivity index (χ0n) is 10.6. The Morgan fingerprint density at radius 1 is 1.35 bits per heavy atom. The van der Waals surface area contributed by atoms with Crippen LogP contribution in [-0.2, 0) is 7.05 Å². The van der Waals surface area contributed by atoms with E-state index in [0.717, 1.165) is 25.3 Å². The lowest BCUT2D eigenvalue weighted by Gasteiger charge is -2.05. The number of aryl methyl sites for hydroxylation is 1. The minimum atomic E-state index is 0.665. The van der Waals surface area contributed by atoms with Crippen LogP contribution in [0.15, 0.2) is 35.7 Å². The number of thiophene rings is 1. The third-order valence-corrected chi connectivity index (χ3v) is 5.11. The molecule has 1 aromatic carbocycles. The van der Waals surface area contributed by atoms with Crippen molar-refractivity contribution in [2.24, 2.45) is 7.05 Å². The van der Waals surface area contributed by atoms with Gasteiger partial charge in [-0.2, -0.15) is 5.10 Å². The Morgan fingerprint density at radius 3 is 2.85 bits per heavy atom. The smallest absolute Gasteiger partial charge is 0.130 e. The van der Waals surface area contributed by atoms with E-state index in [-0.39, 0.29) is 0 Å². The Balaban J connectivity index is 2.30. The van der Waals surface area contributed by atoms with Gasteiger partial charge in [-0.1, -0.05) is 17.7 Å². The molecule has 0 radical (unpaired) electrons. The highest BCUT2D eigenvalue weighted by molar-refractivity contribution is 14.1. The minimum absolute atomic E-state index is 0.665. The van der Waals surface area contributed by atoms with Crippen LogP contribution in [0.3, 0.4) is 0 Å². The Bertz CT molecular complexity index is 765. The molecule has 3 nitrogen and oxygen atoms in total. The first-order chi connectivity index (χ1) is 9.58. The molecule has 0 spiro atoms. The predicted octanol–water partition coefficient (Wildman–Crippen LogP) is 4.66. The molecule has 20 heavy (non-hydrogen) atoms. The second-order valence-electron chi connectivity index (χ2n) is 4.33. The molecule has 102 valence electrons. The molecule has 0 atom stereocenters. The molecule has 0 fully saturated rings. The lowest BCUT2D eigenvalue weighted by molar-refractivity contribution is 0.782. The summed E-state index contributed by atoms with van der Waals surface area (Å²) < 4.78 is 2.81. The van der Waals surface area contributed by atoms with Gasteiger partial charge in [0.1, 0.15) is 11.5 Å². The summed E-state index contributed by atoms with van der Waals surface area (Å²) in [5.41, 5.74) is 9.05. The Morgan fingerprint density at radius 2 is 2.15 bits per heavy atom. The molecule has 0 bridgehead atoms. The molecule has 0 aliphatic heterocycles. The molecule has 0 unspecified atom stereocenters. The molecule has 2 aromatic heterocycles. The summed E-state index contributed by atoms with van der Waals surface area (Å²) in [6.45, 7) is 0. The van der Waals surface area contributed by atoms with Gasteiger partial charge in [-0.25, -0.2) is 0 Å². The van der Waals surface area contributed by atoms with Gasteiger partial charge in [0, 0.05) is 26.1 Å². The summed E-state index contributed by atoms with van der Waals surface area (Å²) in [5, 5.41) is 7.31. The minimum Gasteiger partial charge on any atom is -0.383 e. The number of halogens is 2. The lowest BCUT2D eigenvalue weighted by Crippen LogP contribution is -1.97. The van der Waals surface area contributed by atoms with Gasteiger partial charge >= 0.3 is 0 Å². The highest BCUT2D eigenvalue weighted by Crippen LogP contribution is 2.40. The topological polar surface area (TPSA) is 43.8 Å². The number of hydrogen-bond acceptors (Lipinski definition) is 3. The van der Waals surface area contributed by atoms with Gasteiger partial charge in [0.2, 0.25) is 0 Å². The Hall–Kier alpha value is -1.05. The van der Waals surface area contributed by atoms with Gasteiger partial charge in [0.15, 0.2) is 0 Å². The molecule has 6 heteroatoms. The molecule has 3 rings (SSSR count). The monoisotopic (exact) mass is 415 g/mol. The summed E-state index contributed by atoms with van der Waals surface area (Å²) in [5.74, 6) is 0.665. The van der Waals surface area contributed by atoms with Crippen LogP contribution in [0.2, 0.25) is 5.02 Å². The van der Waals surface area contributed by atoms with Gasteiger partial charge < -0.3 is 5.73 Å². The quantitative estimate of drug-likeness (QED) is 0.619. The standard InChI is InChI=1S/C14H11ClIN3S/c1-19-14(17)12(11-3-2-6-20-11)13(18-19)9-7-8(15)4-5-10(9)16/h2-7H,17H2,1H3. The fraction of sp³-hybridized carbons (Fsp3) is 0.0714. The van der Waals surface area contributed by atoms with E-state index < -0.39 is 0 Å². The fourth-order valence-corrected chi connectivity index (χ4v) is 3.61. The summed E-state index contributed by atoms with van der Waals surface area (Å²) >= 11 is 10.1. The average Bonchev–Trinajstić information content (AvgIpc) is 3.02. The third-order valence-electron chi connectivity index (χ3n) is 3.04. The van der Waals surface area contributed by atoms with Crippen molar-refractivity contribution in [1.82, 2.24) is 9.78 Å². The molecule has 2 N–H and O–H groups in total. The number of aromatic nitrogens is 2. The van der Waals surface area contributed by atoms with Crippen molar-refractivity contribution in [2.45, 2.75) is 0 Å². The van der Waals surface area contributed by atoms with Gasteiger partial charge in [0.05, 0.1) is 5.56 Å². The Labute approximate surface area is 139 Å². The van der Waals surface area contributed by atoms with E-state index in [2.05, 4.69) is 33.8 Å². The van der Waals surface area contributed by atoms with Crippen molar-refractivity contribution in [3.05, 3.63) is 44.3 Å². The van der Waals surface area contributed by atoms with Gasteiger partial charge in [-0.15, -0.1) is 11.3 Å². The van der Waals surface area contributed by atoms with Crippen LogP contribution in [0.5, 0.6) is 0 Å². The third kappa shape index (κ3) is 2.34. The van der Waals surface area contributed by atoms with E-state index >= 15 is 0 Å². The van der Waals surface area contributed by atoms with E-state index in [9.17, 15) is 0 Å². The average molecular weight is 416 g/mol. The maximum atomic E-state index is 6.19. The number of nitrogens with two attached hydrogens (primary N) is 1. The van der Waals surface area contributed by atoms with Crippen LogP contribution in [-0.4, -0.2) is 9.78 Å². The maximum Gasteiger partial charge on any atom is 0.130 e. The second-order valence-corrected chi connectivity index (χ2v) is 6.88. The first-order valence-electron chi connectivity index (χ1n) is 5.89. The van der Waals surface area contributed by atoms with Crippen molar-refractivity contribution >= 4 is 51.3 Å². The van der Waals surface area contributed by atoms with Crippen LogP contribution >= 0.6 is 45.5 Å². The number of nitrogen functional groups attached to an aromatic ring is 1. The van der Waals surface area contributed by atoms with E-state index in [1.54, 1.807) is 16.0 Å². The lowest BCUT2D eigenvalue weighted by atomic mass is 10.1. The normalized spacial score (nSPS) is 10.9. The summed E-state index contributed by atoms with van der Waals surface area (Å²) in [7, 11) is 1.85. The molecule has 2 heterocycles. The first-order valence-corrected chi connectivity index (χ1v) is 8.23. The predicted molar refractivity (Wildman–Crippen MR) is 94.1 cm³/mol. The molecular formula is C14H11ClIN3S. The molecule has 0 amide bonds. The van der Waals surface area contributed by atoms with E-state index in [0.29, 0.717) is 10.8 Å². The van der Waals surface area contributed by atoms with Crippen LogP contribution in [0.4, 0.5) is 5.82 Å². The molecule has 0 saturated heterocycles. The summed E-state index contributed by atoms with van der Waals surface area (Å²) in [6.07, 6.45) is 0. The van der Waals surface area contributed by atoms with Crippen molar-refractivity contribution in [3.63, 3.8) is 0 Å². The van der Waals surface area contributed by atoms with Crippen LogP contribution in [0.1, 0.15) is 0 Å². The summed E-state index contributed by atoms with van der Waals surface area (Å²) in [4.78, 5) is 1.11. The first kappa shape index (κ1) is 13.9. The van der Waals surface area contributed by atoms with Crippen LogP contribution in [0.25, 0.3) is 21.7 Å². The van der Waals surface area contributed by atoms with Gasteiger partial charge in [0.25, 0.3) is 0 Å². The highest BCUT2D eigenvalue weighted by Gasteiger charge is 2.19. The SMILES string of the molecule is Cn1nc(-c2cc(Cl)ccc2I)c(-c2cccs2)c1N. The second kappa shape index (κ2) is 5.38. The van der Waals surface area contributed by atoms with Crippen LogP contribution in [0, 0.1) is 3.57 Å². The number of hydrogen-bond donors (Lipinski definition) is 1. The zero-order valence-corrected chi connectivity index (χ0v) is 14.3. The van der Waals surface area contributed by atoms with Crippen molar-refractivity contribution in [2.75, 3.05) is 5.73 Å². The fourth-order valence-electron chi connectivity index (χ4n) is 2.07. The van der Waals surface area contributed by atoms with Crippen LogP contribution < -0.4 is 5.73 Å². The van der Waals surface area contributed by atoms with Crippen molar-refractivity contribution < 1.29 is 0 Å². The molecule has 0 aliphatic carbocycles. The molecule has 0 saturated carbocycles. The van der Waals surface area contributed by atoms with E-state index in [4.69, 9.17) is 17.3 Å². The molecule has 0 aliphatic rings. The number of anilines is 1. The van der Waals surface area contributed by atoms with Crippen molar-refractivity contribution in [3.8, 4) is 21.7 Å². The summed E-state index contributed by atoms with van der Waals surface area (Å²) in [6, 6.07) is 9.87. The highest BCUT2D eigenvalue weighted by atomic mass is 127. The van der Waals surface area contributed by atoms with E-state index in [1.807, 2.05) is 36.7 Å². The zero-order chi connectivity index (χ0) is 14.3.